The standard InChI is InChI=1S/C9H15N5O2/c10-7-3-8(13-9(11)12-7)14-1-2-16-6(4-14)5-15/h3,6,15H,1-2,4-5H2,(H4,10,11,12,13). The lowest BCUT2D eigenvalue weighted by molar-refractivity contribution is 0.00337. The van der Waals surface area contributed by atoms with Crippen molar-refractivity contribution in [2.45, 2.75) is 6.10 Å². The summed E-state index contributed by atoms with van der Waals surface area (Å²) in [6.07, 6.45) is -0.189. The second-order valence-corrected chi connectivity index (χ2v) is 3.63. The van der Waals surface area contributed by atoms with Crippen molar-refractivity contribution in [2.24, 2.45) is 0 Å². The van der Waals surface area contributed by atoms with Gasteiger partial charge in [0.2, 0.25) is 5.95 Å². The first-order valence-corrected chi connectivity index (χ1v) is 5.06. The van der Waals surface area contributed by atoms with Gasteiger partial charge in [0.1, 0.15) is 11.6 Å². The molecule has 1 aliphatic rings. The molecule has 16 heavy (non-hydrogen) atoms. The Morgan fingerprint density at radius 1 is 1.50 bits per heavy atom. The van der Waals surface area contributed by atoms with Gasteiger partial charge in [0.05, 0.1) is 19.3 Å². The highest BCUT2D eigenvalue weighted by Gasteiger charge is 2.21. The van der Waals surface area contributed by atoms with E-state index in [1.165, 1.54) is 0 Å². The number of ether oxygens (including phenoxy) is 1. The molecule has 0 aromatic carbocycles. The molecule has 0 bridgehead atoms. The number of nitrogens with two attached hydrogens (primary N) is 2. The highest BCUT2D eigenvalue weighted by Crippen LogP contribution is 2.17. The SMILES string of the molecule is Nc1cc(N2CCOC(CO)C2)nc(N)n1. The van der Waals surface area contributed by atoms with Crippen molar-refractivity contribution in [1.29, 1.82) is 0 Å². The van der Waals surface area contributed by atoms with E-state index in [0.29, 0.717) is 31.3 Å². The Bertz CT molecular complexity index is 353. The van der Waals surface area contributed by atoms with Crippen LogP contribution in [0.15, 0.2) is 6.07 Å². The third-order valence-electron chi connectivity index (χ3n) is 2.42. The lowest BCUT2D eigenvalue weighted by Gasteiger charge is -2.32. The molecule has 0 saturated carbocycles. The van der Waals surface area contributed by atoms with Crippen molar-refractivity contribution < 1.29 is 9.84 Å². The number of nitrogen functional groups attached to an aromatic ring is 2. The zero-order valence-corrected chi connectivity index (χ0v) is 8.83. The fourth-order valence-corrected chi connectivity index (χ4v) is 1.67. The number of aliphatic hydroxyl groups is 1. The van der Waals surface area contributed by atoms with E-state index in [-0.39, 0.29) is 18.7 Å². The molecule has 2 rings (SSSR count). The maximum Gasteiger partial charge on any atom is 0.223 e. The highest BCUT2D eigenvalue weighted by atomic mass is 16.5. The Hall–Kier alpha value is -1.60. The van der Waals surface area contributed by atoms with Gasteiger partial charge in [-0.3, -0.25) is 0 Å². The molecule has 1 unspecified atom stereocenters. The monoisotopic (exact) mass is 225 g/mol. The molecule has 1 atom stereocenters. The molecule has 1 aliphatic heterocycles. The minimum atomic E-state index is -0.189. The highest BCUT2D eigenvalue weighted by molar-refractivity contribution is 5.50. The first-order chi connectivity index (χ1) is 7.69. The molecule has 5 N–H and O–H groups in total. The lowest BCUT2D eigenvalue weighted by Crippen LogP contribution is -2.44. The van der Waals surface area contributed by atoms with E-state index in [0.717, 1.165) is 0 Å². The maximum absolute atomic E-state index is 9.03. The second kappa shape index (κ2) is 4.50. The van der Waals surface area contributed by atoms with Crippen LogP contribution in [0.5, 0.6) is 0 Å². The van der Waals surface area contributed by atoms with Crippen LogP contribution in [-0.2, 0) is 4.74 Å². The molecule has 0 spiro atoms. The number of morpholine rings is 1. The summed E-state index contributed by atoms with van der Waals surface area (Å²) in [5.74, 6) is 1.17. The number of rotatable bonds is 2. The molecule has 1 fully saturated rings. The van der Waals surface area contributed by atoms with E-state index >= 15 is 0 Å². The van der Waals surface area contributed by atoms with Crippen LogP contribution in [-0.4, -0.2) is 47.5 Å². The van der Waals surface area contributed by atoms with E-state index in [1.54, 1.807) is 6.07 Å². The van der Waals surface area contributed by atoms with Gasteiger partial charge in [-0.25, -0.2) is 0 Å². The lowest BCUT2D eigenvalue weighted by atomic mass is 10.3. The van der Waals surface area contributed by atoms with E-state index in [4.69, 9.17) is 21.3 Å². The first kappa shape index (κ1) is 10.9. The zero-order chi connectivity index (χ0) is 11.5. The summed E-state index contributed by atoms with van der Waals surface area (Å²) in [7, 11) is 0. The topological polar surface area (TPSA) is 111 Å². The smallest absolute Gasteiger partial charge is 0.223 e. The fraction of sp³-hybridized carbons (Fsp3) is 0.556. The van der Waals surface area contributed by atoms with Crippen molar-refractivity contribution in [3.63, 3.8) is 0 Å². The van der Waals surface area contributed by atoms with Crippen LogP contribution in [0.1, 0.15) is 0 Å². The summed E-state index contributed by atoms with van der Waals surface area (Å²) >= 11 is 0. The molecule has 0 aliphatic carbocycles. The van der Waals surface area contributed by atoms with Crippen molar-refractivity contribution in [1.82, 2.24) is 9.97 Å². The van der Waals surface area contributed by atoms with E-state index in [9.17, 15) is 0 Å². The Kier molecular flexibility index (Phi) is 3.07. The van der Waals surface area contributed by atoms with Crippen molar-refractivity contribution in [3.05, 3.63) is 6.07 Å². The van der Waals surface area contributed by atoms with Crippen LogP contribution in [0.4, 0.5) is 17.6 Å². The van der Waals surface area contributed by atoms with Crippen LogP contribution in [0, 0.1) is 0 Å². The number of anilines is 3. The summed E-state index contributed by atoms with van der Waals surface area (Å²) in [4.78, 5) is 9.88. The van der Waals surface area contributed by atoms with Crippen molar-refractivity contribution in [3.8, 4) is 0 Å². The van der Waals surface area contributed by atoms with E-state index in [1.807, 2.05) is 4.90 Å². The Balaban J connectivity index is 2.16. The number of aliphatic hydroxyl groups excluding tert-OH is 1. The van der Waals surface area contributed by atoms with Crippen LogP contribution in [0.3, 0.4) is 0 Å². The quantitative estimate of drug-likeness (QED) is 0.582. The summed E-state index contributed by atoms with van der Waals surface area (Å²) < 4.78 is 5.34. The molecule has 1 aromatic rings. The minimum Gasteiger partial charge on any atom is -0.394 e. The molecular weight excluding hydrogens is 210 g/mol. The molecule has 0 amide bonds. The first-order valence-electron chi connectivity index (χ1n) is 5.06. The van der Waals surface area contributed by atoms with Gasteiger partial charge in [0, 0.05) is 19.2 Å². The van der Waals surface area contributed by atoms with Gasteiger partial charge >= 0.3 is 0 Å². The largest absolute Gasteiger partial charge is 0.394 e. The molecule has 1 aromatic heterocycles. The molecule has 88 valence electrons. The Labute approximate surface area is 93.0 Å². The zero-order valence-electron chi connectivity index (χ0n) is 8.83. The van der Waals surface area contributed by atoms with E-state index < -0.39 is 0 Å². The summed E-state index contributed by atoms with van der Waals surface area (Å²) in [5.41, 5.74) is 11.1. The third-order valence-corrected chi connectivity index (χ3v) is 2.42. The van der Waals surface area contributed by atoms with Gasteiger partial charge in [-0.2, -0.15) is 9.97 Å². The maximum atomic E-state index is 9.03. The second-order valence-electron chi connectivity index (χ2n) is 3.63. The van der Waals surface area contributed by atoms with Gasteiger partial charge in [-0.1, -0.05) is 0 Å². The number of nitrogens with zero attached hydrogens (tertiary/aromatic N) is 3. The molecule has 2 heterocycles. The van der Waals surface area contributed by atoms with Gasteiger partial charge in [0.25, 0.3) is 0 Å². The van der Waals surface area contributed by atoms with Gasteiger partial charge in [-0.15, -0.1) is 0 Å². The number of aromatic nitrogens is 2. The molecule has 7 nitrogen and oxygen atoms in total. The van der Waals surface area contributed by atoms with Crippen molar-refractivity contribution >= 4 is 17.6 Å². The van der Waals surface area contributed by atoms with Crippen LogP contribution in [0.2, 0.25) is 0 Å². The predicted molar refractivity (Wildman–Crippen MR) is 59.9 cm³/mol. The van der Waals surface area contributed by atoms with Gasteiger partial charge in [-0.05, 0) is 0 Å². The molecule has 0 radical (unpaired) electrons. The molecule has 1 saturated heterocycles. The van der Waals surface area contributed by atoms with Crippen LogP contribution in [0.25, 0.3) is 0 Å². The van der Waals surface area contributed by atoms with Crippen molar-refractivity contribution in [2.75, 3.05) is 42.7 Å². The Morgan fingerprint density at radius 2 is 2.31 bits per heavy atom. The number of hydrogen-bond donors (Lipinski definition) is 3. The fourth-order valence-electron chi connectivity index (χ4n) is 1.67. The summed E-state index contributed by atoms with van der Waals surface area (Å²) in [5, 5.41) is 9.03. The third kappa shape index (κ3) is 2.31. The van der Waals surface area contributed by atoms with Crippen LogP contribution >= 0.6 is 0 Å². The minimum absolute atomic E-state index is 0.00739. The van der Waals surface area contributed by atoms with E-state index in [2.05, 4.69) is 9.97 Å². The average molecular weight is 225 g/mol. The summed E-state index contributed by atoms with van der Waals surface area (Å²) in [6, 6.07) is 1.66. The van der Waals surface area contributed by atoms with Crippen LogP contribution < -0.4 is 16.4 Å². The normalized spacial score (nSPS) is 21.1. The predicted octanol–water partition coefficient (Wildman–Crippen LogP) is -1.16. The van der Waals surface area contributed by atoms with Gasteiger partial charge < -0.3 is 26.2 Å². The molecular formula is C9H15N5O2. The number of hydrogen-bond acceptors (Lipinski definition) is 7. The average Bonchev–Trinajstić information content (AvgIpc) is 2.28. The molecule has 7 heteroatoms. The summed E-state index contributed by atoms with van der Waals surface area (Å²) in [6.45, 7) is 1.82. The Morgan fingerprint density at radius 3 is 3.00 bits per heavy atom. The van der Waals surface area contributed by atoms with Gasteiger partial charge in [0.15, 0.2) is 0 Å².